The summed E-state index contributed by atoms with van der Waals surface area (Å²) in [6, 6.07) is 16.2. The summed E-state index contributed by atoms with van der Waals surface area (Å²) in [7, 11) is 0. The van der Waals surface area contributed by atoms with Crippen molar-refractivity contribution in [3.05, 3.63) is 77.9 Å². The number of amides is 3. The highest BCUT2D eigenvalue weighted by Crippen LogP contribution is 2.30. The Bertz CT molecular complexity index is 987. The number of ether oxygens (including phenoxy) is 2. The minimum absolute atomic E-state index is 0.223. The zero-order chi connectivity index (χ0) is 23.1. The molecule has 1 saturated heterocycles. The average molecular weight is 437 g/mol. The second-order valence-electron chi connectivity index (χ2n) is 8.03. The molecule has 2 aromatic carbocycles. The van der Waals surface area contributed by atoms with Crippen LogP contribution in [0.4, 0.5) is 4.79 Å². The Balaban J connectivity index is 1.54. The number of carbonyl (C=O) groups is 3. The monoisotopic (exact) mass is 436 g/mol. The number of nitrogens with one attached hydrogen (secondary N) is 1. The van der Waals surface area contributed by atoms with Gasteiger partial charge in [-0.3, -0.25) is 14.5 Å². The third kappa shape index (κ3) is 5.55. The van der Waals surface area contributed by atoms with E-state index >= 15 is 0 Å². The second-order valence-corrected chi connectivity index (χ2v) is 8.03. The fourth-order valence-corrected chi connectivity index (χ4v) is 3.41. The number of nitrogens with zero attached hydrogens (tertiary/aromatic N) is 1. The van der Waals surface area contributed by atoms with Crippen LogP contribution < -0.4 is 10.1 Å². The van der Waals surface area contributed by atoms with E-state index in [0.29, 0.717) is 24.3 Å². The average Bonchev–Trinajstić information content (AvgIpc) is 3.00. The number of hydrogen-bond donors (Lipinski definition) is 1. The number of hydrogen-bond acceptors (Lipinski definition) is 5. The Hall–Kier alpha value is -3.61. The van der Waals surface area contributed by atoms with Crippen molar-refractivity contribution in [2.45, 2.75) is 32.2 Å². The van der Waals surface area contributed by atoms with E-state index in [4.69, 9.17) is 9.47 Å². The molecule has 1 aliphatic heterocycles. The number of aryl methyl sites for hydroxylation is 1. The standard InChI is InChI=1S/C25H28N2O5/c1-18(2)17-32-21-13-11-20(12-14-21)25(3)23(29)27(24(30)26-25)16-22(28)31-15-7-10-19-8-5-4-6-9-19/h4-6,8-9,11-14H,1,7,10,15-17H2,2-3H3,(H,26,30). The third-order valence-electron chi connectivity index (χ3n) is 5.19. The van der Waals surface area contributed by atoms with Crippen molar-refractivity contribution < 1.29 is 23.9 Å². The van der Waals surface area contributed by atoms with Gasteiger partial charge in [-0.25, -0.2) is 4.79 Å². The molecule has 1 aliphatic rings. The fourth-order valence-electron chi connectivity index (χ4n) is 3.41. The zero-order valence-electron chi connectivity index (χ0n) is 18.4. The van der Waals surface area contributed by atoms with Crippen LogP contribution in [0.5, 0.6) is 5.75 Å². The van der Waals surface area contributed by atoms with E-state index in [2.05, 4.69) is 11.9 Å². The summed E-state index contributed by atoms with van der Waals surface area (Å²) in [6.07, 6.45) is 1.44. The van der Waals surface area contributed by atoms with Gasteiger partial charge in [0.1, 0.15) is 24.4 Å². The Morgan fingerprint density at radius 2 is 1.78 bits per heavy atom. The van der Waals surface area contributed by atoms with E-state index in [-0.39, 0.29) is 6.61 Å². The van der Waals surface area contributed by atoms with Gasteiger partial charge in [0.25, 0.3) is 5.91 Å². The molecule has 0 radical (unpaired) electrons. The van der Waals surface area contributed by atoms with Crippen LogP contribution in [0.1, 0.15) is 31.4 Å². The molecule has 0 bridgehead atoms. The predicted molar refractivity (Wildman–Crippen MR) is 120 cm³/mol. The quantitative estimate of drug-likeness (QED) is 0.266. The van der Waals surface area contributed by atoms with Crippen LogP contribution in [0.15, 0.2) is 66.7 Å². The van der Waals surface area contributed by atoms with Crippen LogP contribution >= 0.6 is 0 Å². The molecule has 1 unspecified atom stereocenters. The first-order chi connectivity index (χ1) is 15.3. The van der Waals surface area contributed by atoms with Crippen molar-refractivity contribution in [1.82, 2.24) is 10.2 Å². The first kappa shape index (κ1) is 23.1. The van der Waals surface area contributed by atoms with Crippen LogP contribution in [0.25, 0.3) is 0 Å². The highest BCUT2D eigenvalue weighted by atomic mass is 16.5. The number of imide groups is 1. The molecular weight excluding hydrogens is 408 g/mol. The lowest BCUT2D eigenvalue weighted by Crippen LogP contribution is -2.41. The van der Waals surface area contributed by atoms with Crippen molar-refractivity contribution in [2.75, 3.05) is 19.8 Å². The molecule has 0 spiro atoms. The van der Waals surface area contributed by atoms with Crippen LogP contribution in [0.2, 0.25) is 0 Å². The van der Waals surface area contributed by atoms with Crippen molar-refractivity contribution in [1.29, 1.82) is 0 Å². The van der Waals surface area contributed by atoms with Crippen molar-refractivity contribution in [2.24, 2.45) is 0 Å². The van der Waals surface area contributed by atoms with E-state index in [0.717, 1.165) is 22.5 Å². The molecule has 1 fully saturated rings. The molecule has 0 aromatic heterocycles. The van der Waals surface area contributed by atoms with Gasteiger partial charge in [-0.05, 0) is 55.5 Å². The Morgan fingerprint density at radius 1 is 1.09 bits per heavy atom. The lowest BCUT2D eigenvalue weighted by atomic mass is 9.92. The zero-order valence-corrected chi connectivity index (χ0v) is 18.4. The smallest absolute Gasteiger partial charge is 0.326 e. The van der Waals surface area contributed by atoms with Gasteiger partial charge in [0.15, 0.2) is 0 Å². The summed E-state index contributed by atoms with van der Waals surface area (Å²) < 4.78 is 10.8. The van der Waals surface area contributed by atoms with Crippen molar-refractivity contribution >= 4 is 17.9 Å². The first-order valence-corrected chi connectivity index (χ1v) is 10.5. The van der Waals surface area contributed by atoms with Crippen molar-refractivity contribution in [3.63, 3.8) is 0 Å². The molecule has 0 aliphatic carbocycles. The molecule has 0 saturated carbocycles. The minimum atomic E-state index is -1.27. The van der Waals surface area contributed by atoms with E-state index < -0.39 is 30.0 Å². The van der Waals surface area contributed by atoms with Gasteiger partial charge in [-0.2, -0.15) is 0 Å². The molecule has 7 heteroatoms. The number of esters is 1. The minimum Gasteiger partial charge on any atom is -0.489 e. The summed E-state index contributed by atoms with van der Waals surface area (Å²) in [6.45, 7) is 7.46. The molecule has 1 atom stereocenters. The highest BCUT2D eigenvalue weighted by Gasteiger charge is 2.49. The summed E-state index contributed by atoms with van der Waals surface area (Å²) in [5, 5.41) is 2.68. The number of urea groups is 1. The molecule has 3 amide bonds. The van der Waals surface area contributed by atoms with E-state index in [1.807, 2.05) is 37.3 Å². The van der Waals surface area contributed by atoms with E-state index in [1.54, 1.807) is 31.2 Å². The molecule has 2 aromatic rings. The summed E-state index contributed by atoms with van der Waals surface area (Å²) in [4.78, 5) is 38.5. The number of rotatable bonds is 10. The SMILES string of the molecule is C=C(C)COc1ccc(C2(C)NC(=O)N(CC(=O)OCCCc3ccccc3)C2=O)cc1. The lowest BCUT2D eigenvalue weighted by molar-refractivity contribution is -0.147. The molecule has 1 N–H and O–H groups in total. The van der Waals surface area contributed by atoms with E-state index in [1.165, 1.54) is 0 Å². The molecular formula is C25H28N2O5. The van der Waals surface area contributed by atoms with Crippen LogP contribution in [-0.4, -0.2) is 42.6 Å². The Labute approximate surface area is 188 Å². The van der Waals surface area contributed by atoms with Gasteiger partial charge in [0.05, 0.1) is 6.61 Å². The molecule has 3 rings (SSSR count). The summed E-state index contributed by atoms with van der Waals surface area (Å²) >= 11 is 0. The highest BCUT2D eigenvalue weighted by molar-refractivity contribution is 6.08. The van der Waals surface area contributed by atoms with Gasteiger partial charge in [0, 0.05) is 0 Å². The van der Waals surface area contributed by atoms with Crippen molar-refractivity contribution in [3.8, 4) is 5.75 Å². The van der Waals surface area contributed by atoms with Crippen LogP contribution in [0, 0.1) is 0 Å². The maximum absolute atomic E-state index is 13.0. The third-order valence-corrected chi connectivity index (χ3v) is 5.19. The van der Waals surface area contributed by atoms with Gasteiger partial charge < -0.3 is 14.8 Å². The van der Waals surface area contributed by atoms with Crippen LogP contribution in [0.3, 0.4) is 0 Å². The number of benzene rings is 2. The van der Waals surface area contributed by atoms with E-state index in [9.17, 15) is 14.4 Å². The van der Waals surface area contributed by atoms with Gasteiger partial charge in [0.2, 0.25) is 0 Å². The number of carbonyl (C=O) groups excluding carboxylic acids is 3. The molecule has 168 valence electrons. The largest absolute Gasteiger partial charge is 0.489 e. The van der Waals surface area contributed by atoms with Gasteiger partial charge in [-0.15, -0.1) is 0 Å². The lowest BCUT2D eigenvalue weighted by Gasteiger charge is -2.22. The van der Waals surface area contributed by atoms with Crippen LogP contribution in [-0.2, 0) is 26.3 Å². The second kappa shape index (κ2) is 10.1. The normalized spacial score (nSPS) is 17.8. The maximum atomic E-state index is 13.0. The Kier molecular flexibility index (Phi) is 7.30. The molecule has 7 nitrogen and oxygen atoms in total. The molecule has 32 heavy (non-hydrogen) atoms. The van der Waals surface area contributed by atoms with Gasteiger partial charge >= 0.3 is 12.0 Å². The van der Waals surface area contributed by atoms with Gasteiger partial charge in [-0.1, -0.05) is 49.0 Å². The fraction of sp³-hybridized carbons (Fsp3) is 0.320. The summed E-state index contributed by atoms with van der Waals surface area (Å²) in [5.74, 6) is -0.484. The summed E-state index contributed by atoms with van der Waals surface area (Å²) in [5.41, 5.74) is 1.38. The molecule has 1 heterocycles. The Morgan fingerprint density at radius 3 is 2.44 bits per heavy atom. The maximum Gasteiger partial charge on any atom is 0.326 e. The first-order valence-electron chi connectivity index (χ1n) is 10.5. The predicted octanol–water partition coefficient (Wildman–Crippen LogP) is 3.58. The topological polar surface area (TPSA) is 84.9 Å².